The summed E-state index contributed by atoms with van der Waals surface area (Å²) >= 11 is 0. The van der Waals surface area contributed by atoms with Crippen molar-refractivity contribution in [3.8, 4) is 12.3 Å². The van der Waals surface area contributed by atoms with E-state index >= 15 is 0 Å². The SMILES string of the molecule is C#CCC(C)c1c[nH]nn1. The van der Waals surface area contributed by atoms with Crippen LogP contribution in [0, 0.1) is 12.3 Å². The number of rotatable bonds is 2. The molecular formula is C7H9N3. The number of terminal acetylenes is 1. The highest BCUT2D eigenvalue weighted by molar-refractivity contribution is 5.03. The van der Waals surface area contributed by atoms with Crippen LogP contribution in [0.25, 0.3) is 0 Å². The molecule has 0 radical (unpaired) electrons. The summed E-state index contributed by atoms with van der Waals surface area (Å²) in [6.07, 6.45) is 7.61. The summed E-state index contributed by atoms with van der Waals surface area (Å²) in [5.74, 6) is 2.88. The topological polar surface area (TPSA) is 41.6 Å². The van der Waals surface area contributed by atoms with Gasteiger partial charge in [0, 0.05) is 18.5 Å². The molecule has 0 aliphatic heterocycles. The normalized spacial score (nSPS) is 12.4. The number of aromatic nitrogens is 3. The first-order chi connectivity index (χ1) is 4.84. The van der Waals surface area contributed by atoms with E-state index in [-0.39, 0.29) is 0 Å². The summed E-state index contributed by atoms with van der Waals surface area (Å²) in [7, 11) is 0. The lowest BCUT2D eigenvalue weighted by atomic mass is 10.1. The van der Waals surface area contributed by atoms with Crippen molar-refractivity contribution in [3.63, 3.8) is 0 Å². The fourth-order valence-corrected chi connectivity index (χ4v) is 0.733. The summed E-state index contributed by atoms with van der Waals surface area (Å²) in [5.41, 5.74) is 0.929. The molecule has 1 N–H and O–H groups in total. The molecule has 1 aromatic heterocycles. The lowest BCUT2D eigenvalue weighted by molar-refractivity contribution is 0.753. The van der Waals surface area contributed by atoms with Crippen LogP contribution in [-0.2, 0) is 0 Å². The zero-order valence-electron chi connectivity index (χ0n) is 5.83. The second kappa shape index (κ2) is 3.02. The number of nitrogens with zero attached hydrogens (tertiary/aromatic N) is 2. The third kappa shape index (κ3) is 1.35. The van der Waals surface area contributed by atoms with Gasteiger partial charge in [-0.1, -0.05) is 12.1 Å². The molecule has 1 atom stereocenters. The van der Waals surface area contributed by atoms with Crippen molar-refractivity contribution >= 4 is 0 Å². The molecule has 0 saturated carbocycles. The molecule has 0 bridgehead atoms. The van der Waals surface area contributed by atoms with E-state index < -0.39 is 0 Å². The molecule has 1 aromatic rings. The number of H-pyrrole nitrogens is 1. The minimum Gasteiger partial charge on any atom is -0.265 e. The van der Waals surface area contributed by atoms with Crippen molar-refractivity contribution in [1.29, 1.82) is 0 Å². The fraction of sp³-hybridized carbons (Fsp3) is 0.429. The van der Waals surface area contributed by atoms with E-state index in [0.29, 0.717) is 12.3 Å². The average molecular weight is 135 g/mol. The summed E-state index contributed by atoms with van der Waals surface area (Å²) in [6.45, 7) is 2.03. The van der Waals surface area contributed by atoms with Gasteiger partial charge in [-0.25, -0.2) is 0 Å². The standard InChI is InChI=1S/C7H9N3/c1-3-4-6(2)7-5-8-10-9-7/h1,5-6H,4H2,2H3,(H,8,9,10). The highest BCUT2D eigenvalue weighted by atomic mass is 15.3. The Morgan fingerprint density at radius 1 is 1.90 bits per heavy atom. The molecule has 0 aliphatic carbocycles. The number of nitrogens with one attached hydrogen (secondary N) is 1. The van der Waals surface area contributed by atoms with Crippen molar-refractivity contribution in [2.24, 2.45) is 0 Å². The summed E-state index contributed by atoms with van der Waals surface area (Å²) in [6, 6.07) is 0. The van der Waals surface area contributed by atoms with Crippen LogP contribution in [0.1, 0.15) is 25.0 Å². The minimum absolute atomic E-state index is 0.309. The number of hydrogen-bond donors (Lipinski definition) is 1. The van der Waals surface area contributed by atoms with Gasteiger partial charge >= 0.3 is 0 Å². The predicted octanol–water partition coefficient (Wildman–Crippen LogP) is 0.931. The average Bonchev–Trinajstić information content (AvgIpc) is 2.38. The Kier molecular flexibility index (Phi) is 2.06. The van der Waals surface area contributed by atoms with Gasteiger partial charge in [0.2, 0.25) is 0 Å². The summed E-state index contributed by atoms with van der Waals surface area (Å²) in [5, 5.41) is 10.1. The molecule has 1 heterocycles. The maximum atomic E-state index is 5.13. The van der Waals surface area contributed by atoms with Gasteiger partial charge in [-0.2, -0.15) is 0 Å². The van der Waals surface area contributed by atoms with Crippen molar-refractivity contribution in [1.82, 2.24) is 15.4 Å². The molecule has 0 amide bonds. The molecule has 52 valence electrons. The van der Waals surface area contributed by atoms with Crippen LogP contribution < -0.4 is 0 Å². The third-order valence-corrected chi connectivity index (χ3v) is 1.36. The van der Waals surface area contributed by atoms with Gasteiger partial charge in [0.25, 0.3) is 0 Å². The zero-order valence-corrected chi connectivity index (χ0v) is 5.83. The monoisotopic (exact) mass is 135 g/mol. The van der Waals surface area contributed by atoms with Crippen LogP contribution in [-0.4, -0.2) is 15.4 Å². The van der Waals surface area contributed by atoms with E-state index in [1.807, 2.05) is 6.92 Å². The number of hydrogen-bond acceptors (Lipinski definition) is 2. The molecular weight excluding hydrogens is 126 g/mol. The second-order valence-electron chi connectivity index (χ2n) is 2.21. The summed E-state index contributed by atoms with van der Waals surface area (Å²) < 4.78 is 0. The van der Waals surface area contributed by atoms with Crippen LogP contribution in [0.4, 0.5) is 0 Å². The van der Waals surface area contributed by atoms with E-state index in [0.717, 1.165) is 5.69 Å². The Morgan fingerprint density at radius 2 is 2.70 bits per heavy atom. The first-order valence-electron chi connectivity index (χ1n) is 3.14. The molecule has 0 spiro atoms. The van der Waals surface area contributed by atoms with Crippen LogP contribution in [0.3, 0.4) is 0 Å². The molecule has 0 aliphatic rings. The molecule has 0 fully saturated rings. The van der Waals surface area contributed by atoms with Gasteiger partial charge in [-0.15, -0.1) is 17.4 Å². The van der Waals surface area contributed by atoms with Gasteiger partial charge in [-0.3, -0.25) is 5.10 Å². The fourth-order valence-electron chi connectivity index (χ4n) is 0.733. The molecule has 3 heteroatoms. The van der Waals surface area contributed by atoms with Crippen molar-refractivity contribution in [2.45, 2.75) is 19.3 Å². The van der Waals surface area contributed by atoms with Crippen molar-refractivity contribution in [3.05, 3.63) is 11.9 Å². The Hall–Kier alpha value is -1.30. The van der Waals surface area contributed by atoms with E-state index in [1.54, 1.807) is 6.20 Å². The zero-order chi connectivity index (χ0) is 7.40. The lowest BCUT2D eigenvalue weighted by Crippen LogP contribution is -1.91. The van der Waals surface area contributed by atoms with Gasteiger partial charge in [0.15, 0.2) is 0 Å². The predicted molar refractivity (Wildman–Crippen MR) is 38.2 cm³/mol. The van der Waals surface area contributed by atoms with Crippen LogP contribution >= 0.6 is 0 Å². The highest BCUT2D eigenvalue weighted by Crippen LogP contribution is 2.12. The van der Waals surface area contributed by atoms with Crippen molar-refractivity contribution < 1.29 is 0 Å². The van der Waals surface area contributed by atoms with Gasteiger partial charge in [0.05, 0.1) is 5.69 Å². The molecule has 1 unspecified atom stereocenters. The van der Waals surface area contributed by atoms with Crippen molar-refractivity contribution in [2.75, 3.05) is 0 Å². The molecule has 10 heavy (non-hydrogen) atoms. The van der Waals surface area contributed by atoms with Crippen LogP contribution in [0.5, 0.6) is 0 Å². The second-order valence-corrected chi connectivity index (χ2v) is 2.21. The Balaban J connectivity index is 2.61. The van der Waals surface area contributed by atoms with E-state index in [9.17, 15) is 0 Å². The van der Waals surface area contributed by atoms with Crippen LogP contribution in [0.2, 0.25) is 0 Å². The third-order valence-electron chi connectivity index (χ3n) is 1.36. The molecule has 1 rings (SSSR count). The van der Waals surface area contributed by atoms with Gasteiger partial charge in [-0.05, 0) is 0 Å². The minimum atomic E-state index is 0.309. The first kappa shape index (κ1) is 6.81. The summed E-state index contributed by atoms with van der Waals surface area (Å²) in [4.78, 5) is 0. The molecule has 0 aromatic carbocycles. The highest BCUT2D eigenvalue weighted by Gasteiger charge is 2.04. The Labute approximate surface area is 59.8 Å². The van der Waals surface area contributed by atoms with E-state index in [2.05, 4.69) is 21.3 Å². The van der Waals surface area contributed by atoms with E-state index in [1.165, 1.54) is 0 Å². The lowest BCUT2D eigenvalue weighted by Gasteiger charge is -1.99. The maximum absolute atomic E-state index is 5.13. The smallest absolute Gasteiger partial charge is 0.0862 e. The number of aromatic amines is 1. The maximum Gasteiger partial charge on any atom is 0.0862 e. The van der Waals surface area contributed by atoms with Gasteiger partial charge < -0.3 is 0 Å². The molecule has 3 nitrogen and oxygen atoms in total. The quantitative estimate of drug-likeness (QED) is 0.613. The molecule has 0 saturated heterocycles. The Morgan fingerprint density at radius 3 is 3.20 bits per heavy atom. The first-order valence-corrected chi connectivity index (χ1v) is 3.14. The Bertz CT molecular complexity index is 219. The van der Waals surface area contributed by atoms with Gasteiger partial charge in [0.1, 0.15) is 0 Å². The van der Waals surface area contributed by atoms with Crippen LogP contribution in [0.15, 0.2) is 6.20 Å². The largest absolute Gasteiger partial charge is 0.265 e. The van der Waals surface area contributed by atoms with E-state index in [4.69, 9.17) is 6.42 Å².